The second-order valence-corrected chi connectivity index (χ2v) is 6.33. The Balaban J connectivity index is 1.30. The molecule has 0 fully saturated rings. The lowest BCUT2D eigenvalue weighted by Crippen LogP contribution is -2.13. The maximum atomic E-state index is 12.4. The summed E-state index contributed by atoms with van der Waals surface area (Å²) < 4.78 is 10.6. The van der Waals surface area contributed by atoms with Gasteiger partial charge in [-0.1, -0.05) is 18.2 Å². The fourth-order valence-electron chi connectivity index (χ4n) is 3.03. The molecule has 2 aromatic carbocycles. The van der Waals surface area contributed by atoms with Crippen molar-refractivity contribution in [2.24, 2.45) is 0 Å². The smallest absolute Gasteiger partial charge is 0.257 e. The van der Waals surface area contributed by atoms with Crippen molar-refractivity contribution in [1.29, 1.82) is 0 Å². The van der Waals surface area contributed by atoms with Crippen LogP contribution in [-0.4, -0.2) is 27.9 Å². The number of fused-ring (bicyclic) bond motifs is 2. The summed E-state index contributed by atoms with van der Waals surface area (Å²) in [6.45, 7) is 0.159. The van der Waals surface area contributed by atoms with Crippen molar-refractivity contribution >= 4 is 34.1 Å². The van der Waals surface area contributed by atoms with Crippen molar-refractivity contribution in [2.45, 2.75) is 0 Å². The van der Waals surface area contributed by atoms with Gasteiger partial charge in [0, 0.05) is 17.1 Å². The Morgan fingerprint density at radius 1 is 0.897 bits per heavy atom. The minimum atomic E-state index is -0.309. The number of para-hydroxylation sites is 1. The van der Waals surface area contributed by atoms with Crippen LogP contribution in [0.15, 0.2) is 66.9 Å². The fourth-order valence-corrected chi connectivity index (χ4v) is 3.03. The molecule has 1 aliphatic rings. The van der Waals surface area contributed by atoms with Crippen LogP contribution in [0.5, 0.6) is 11.5 Å². The summed E-state index contributed by atoms with van der Waals surface area (Å²) >= 11 is 0. The van der Waals surface area contributed by atoms with Crippen molar-refractivity contribution < 1.29 is 14.3 Å². The molecule has 0 saturated heterocycles. The number of amides is 1. The molecule has 2 N–H and O–H groups in total. The van der Waals surface area contributed by atoms with E-state index < -0.39 is 0 Å². The van der Waals surface area contributed by atoms with Crippen LogP contribution in [0.2, 0.25) is 0 Å². The highest BCUT2D eigenvalue weighted by atomic mass is 16.7. The van der Waals surface area contributed by atoms with E-state index in [9.17, 15) is 4.79 Å². The molecule has 142 valence electrons. The van der Waals surface area contributed by atoms with E-state index in [1.54, 1.807) is 36.5 Å². The molecule has 0 atom stereocenters. The zero-order valence-electron chi connectivity index (χ0n) is 15.1. The molecule has 0 spiro atoms. The Hall–Kier alpha value is -4.20. The van der Waals surface area contributed by atoms with Crippen molar-refractivity contribution in [3.8, 4) is 11.5 Å². The molecule has 1 amide bonds. The first-order valence-corrected chi connectivity index (χ1v) is 8.92. The number of ether oxygens (including phenoxy) is 2. The third kappa shape index (κ3) is 3.39. The van der Waals surface area contributed by atoms with E-state index in [1.807, 2.05) is 30.3 Å². The molecule has 1 aliphatic heterocycles. The van der Waals surface area contributed by atoms with Gasteiger partial charge >= 0.3 is 0 Å². The number of nitrogens with one attached hydrogen (secondary N) is 2. The summed E-state index contributed by atoms with van der Waals surface area (Å²) in [7, 11) is 0. The Morgan fingerprint density at radius 2 is 1.72 bits per heavy atom. The van der Waals surface area contributed by atoms with Crippen LogP contribution in [0, 0.1) is 0 Å². The number of rotatable bonds is 4. The number of benzene rings is 2. The van der Waals surface area contributed by atoms with Crippen LogP contribution in [-0.2, 0) is 0 Å². The number of hydrogen-bond acceptors (Lipinski definition) is 7. The number of nitrogens with zero attached hydrogens (tertiary/aromatic N) is 3. The quantitative estimate of drug-likeness (QED) is 0.552. The third-order valence-corrected chi connectivity index (χ3v) is 4.44. The largest absolute Gasteiger partial charge is 0.454 e. The Labute approximate surface area is 165 Å². The van der Waals surface area contributed by atoms with Crippen LogP contribution in [0.3, 0.4) is 0 Å². The van der Waals surface area contributed by atoms with Crippen LogP contribution < -0.4 is 20.1 Å². The molecule has 5 rings (SSSR count). The van der Waals surface area contributed by atoms with Gasteiger partial charge in [0.25, 0.3) is 5.91 Å². The number of pyridine rings is 1. The van der Waals surface area contributed by atoms with Gasteiger partial charge < -0.3 is 20.1 Å². The van der Waals surface area contributed by atoms with Gasteiger partial charge in [-0.05, 0) is 42.5 Å². The first-order valence-electron chi connectivity index (χ1n) is 8.92. The summed E-state index contributed by atoms with van der Waals surface area (Å²) in [5, 5.41) is 15.2. The number of hydrogen-bond donors (Lipinski definition) is 2. The summed E-state index contributed by atoms with van der Waals surface area (Å²) in [5.74, 6) is 1.75. The van der Waals surface area contributed by atoms with E-state index in [1.165, 1.54) is 0 Å². The lowest BCUT2D eigenvalue weighted by Gasteiger charge is -2.09. The Morgan fingerprint density at radius 3 is 2.62 bits per heavy atom. The van der Waals surface area contributed by atoms with Crippen molar-refractivity contribution in [3.63, 3.8) is 0 Å². The van der Waals surface area contributed by atoms with Gasteiger partial charge in [0.05, 0.1) is 11.2 Å². The first-order chi connectivity index (χ1) is 14.3. The van der Waals surface area contributed by atoms with Crippen molar-refractivity contribution in [2.75, 3.05) is 17.4 Å². The minimum Gasteiger partial charge on any atom is -0.454 e. The topological polar surface area (TPSA) is 98.3 Å². The van der Waals surface area contributed by atoms with E-state index in [0.29, 0.717) is 28.7 Å². The fraction of sp³-hybridized carbons (Fsp3) is 0.0476. The normalized spacial score (nSPS) is 12.0. The lowest BCUT2D eigenvalue weighted by atomic mass is 10.2. The molecular formula is C21H15N5O3. The number of carbonyl (C=O) groups is 1. The number of anilines is 3. The summed E-state index contributed by atoms with van der Waals surface area (Å²) in [5.41, 5.74) is 2.12. The Bertz CT molecular complexity index is 1210. The molecule has 0 radical (unpaired) electrons. The molecule has 29 heavy (non-hydrogen) atoms. The molecular weight excluding hydrogens is 370 g/mol. The van der Waals surface area contributed by atoms with E-state index in [4.69, 9.17) is 9.47 Å². The maximum Gasteiger partial charge on any atom is 0.257 e. The molecule has 0 saturated carbocycles. The Kier molecular flexibility index (Phi) is 4.14. The summed E-state index contributed by atoms with van der Waals surface area (Å²) in [6.07, 6.45) is 1.74. The minimum absolute atomic E-state index is 0.159. The lowest BCUT2D eigenvalue weighted by molar-refractivity contribution is 0.102. The van der Waals surface area contributed by atoms with E-state index in [0.717, 1.165) is 16.6 Å². The van der Waals surface area contributed by atoms with Crippen LogP contribution >= 0.6 is 0 Å². The molecule has 0 aliphatic carbocycles. The highest BCUT2D eigenvalue weighted by Crippen LogP contribution is 2.32. The molecule has 2 aromatic heterocycles. The number of aromatic nitrogens is 3. The standard InChI is InChI=1S/C21H15N5O3/c27-21(14-6-7-16-17(11-14)29-12-28-16)24-19-9-8-18(25-26-19)23-15-5-1-3-13-4-2-10-22-20(13)15/h1-11H,12H2,(H,23,25)(H,24,26,27). The molecule has 0 unspecified atom stereocenters. The van der Waals surface area contributed by atoms with Gasteiger partial charge in [0.2, 0.25) is 6.79 Å². The average molecular weight is 385 g/mol. The monoisotopic (exact) mass is 385 g/mol. The van der Waals surface area contributed by atoms with Crippen LogP contribution in [0.1, 0.15) is 10.4 Å². The van der Waals surface area contributed by atoms with Gasteiger partial charge in [-0.15, -0.1) is 10.2 Å². The predicted molar refractivity (Wildman–Crippen MR) is 108 cm³/mol. The van der Waals surface area contributed by atoms with E-state index >= 15 is 0 Å². The van der Waals surface area contributed by atoms with Gasteiger partial charge in [0.1, 0.15) is 0 Å². The van der Waals surface area contributed by atoms with Gasteiger partial charge in [-0.2, -0.15) is 0 Å². The zero-order valence-corrected chi connectivity index (χ0v) is 15.1. The summed E-state index contributed by atoms with van der Waals surface area (Å²) in [4.78, 5) is 16.8. The van der Waals surface area contributed by atoms with Crippen molar-refractivity contribution in [1.82, 2.24) is 15.2 Å². The van der Waals surface area contributed by atoms with Gasteiger partial charge in [-0.3, -0.25) is 9.78 Å². The SMILES string of the molecule is O=C(Nc1ccc(Nc2cccc3cccnc23)nn1)c1ccc2c(c1)OCO2. The molecule has 3 heterocycles. The molecule has 0 bridgehead atoms. The highest BCUT2D eigenvalue weighted by Gasteiger charge is 2.16. The molecule has 4 aromatic rings. The molecule has 8 heteroatoms. The molecule has 8 nitrogen and oxygen atoms in total. The zero-order chi connectivity index (χ0) is 19.6. The first kappa shape index (κ1) is 16.9. The highest BCUT2D eigenvalue weighted by molar-refractivity contribution is 6.04. The van der Waals surface area contributed by atoms with Crippen molar-refractivity contribution in [3.05, 3.63) is 72.4 Å². The van der Waals surface area contributed by atoms with Gasteiger partial charge in [-0.25, -0.2) is 0 Å². The predicted octanol–water partition coefficient (Wildman–Crippen LogP) is 3.75. The van der Waals surface area contributed by atoms with E-state index in [-0.39, 0.29) is 12.7 Å². The number of carbonyl (C=O) groups excluding carboxylic acids is 1. The van der Waals surface area contributed by atoms with Gasteiger partial charge in [0.15, 0.2) is 23.1 Å². The average Bonchev–Trinajstić information content (AvgIpc) is 3.23. The van der Waals surface area contributed by atoms with E-state index in [2.05, 4.69) is 25.8 Å². The third-order valence-electron chi connectivity index (χ3n) is 4.44. The second kappa shape index (κ2) is 7.08. The second-order valence-electron chi connectivity index (χ2n) is 6.33. The maximum absolute atomic E-state index is 12.4. The van der Waals surface area contributed by atoms with Crippen LogP contribution in [0.4, 0.5) is 17.3 Å². The summed E-state index contributed by atoms with van der Waals surface area (Å²) in [6, 6.07) is 18.2. The van der Waals surface area contributed by atoms with Crippen LogP contribution in [0.25, 0.3) is 10.9 Å².